The lowest BCUT2D eigenvalue weighted by Crippen LogP contribution is -2.56. The largest absolute Gasteiger partial charge is 0.464 e. The number of esters is 1. The van der Waals surface area contributed by atoms with Crippen molar-refractivity contribution in [2.75, 3.05) is 6.61 Å². The molecule has 1 aliphatic carbocycles. The summed E-state index contributed by atoms with van der Waals surface area (Å²) >= 11 is 0. The smallest absolute Gasteiger partial charge is 0.333 e. The van der Waals surface area contributed by atoms with Crippen molar-refractivity contribution in [3.63, 3.8) is 0 Å². The van der Waals surface area contributed by atoms with Crippen LogP contribution in [-0.4, -0.2) is 35.3 Å². The lowest BCUT2D eigenvalue weighted by Gasteiger charge is -2.45. The van der Waals surface area contributed by atoms with Gasteiger partial charge in [-0.15, -0.1) is 0 Å². The Balaban J connectivity index is 1.84. The van der Waals surface area contributed by atoms with Gasteiger partial charge in [0.1, 0.15) is 0 Å². The van der Waals surface area contributed by atoms with E-state index in [-0.39, 0.29) is 17.8 Å². The number of nitrogens with zero attached hydrogens (tertiary/aromatic N) is 1. The number of allylic oxidation sites excluding steroid dienone is 1. The normalized spacial score (nSPS) is 20.7. The van der Waals surface area contributed by atoms with E-state index >= 15 is 0 Å². The van der Waals surface area contributed by atoms with Crippen LogP contribution in [0, 0.1) is 5.41 Å². The number of carbonyl (C=O) groups is 3. The summed E-state index contributed by atoms with van der Waals surface area (Å²) in [5.74, 6) is -0.557. The number of rotatable bonds is 6. The summed E-state index contributed by atoms with van der Waals surface area (Å²) in [5, 5.41) is 2.93. The number of amides is 2. The fourth-order valence-electron chi connectivity index (χ4n) is 4.74. The highest BCUT2D eigenvalue weighted by Crippen LogP contribution is 2.45. The molecule has 0 fully saturated rings. The molecule has 0 spiro atoms. The molecule has 1 aliphatic heterocycles. The molecule has 4 rings (SSSR count). The lowest BCUT2D eigenvalue weighted by molar-refractivity contribution is -0.147. The van der Waals surface area contributed by atoms with Gasteiger partial charge in [-0.25, -0.2) is 9.59 Å². The van der Waals surface area contributed by atoms with Gasteiger partial charge >= 0.3 is 12.0 Å². The number of hydrogen-bond acceptors (Lipinski definition) is 4. The van der Waals surface area contributed by atoms with Crippen molar-refractivity contribution in [2.24, 2.45) is 5.41 Å². The molecule has 2 unspecified atom stereocenters. The van der Waals surface area contributed by atoms with Gasteiger partial charge in [-0.1, -0.05) is 86.7 Å². The Bertz CT molecular complexity index is 1140. The molecule has 0 bridgehead atoms. The molecule has 2 aromatic carbocycles. The van der Waals surface area contributed by atoms with Crippen molar-refractivity contribution in [1.82, 2.24) is 10.2 Å². The maximum atomic E-state index is 13.5. The summed E-state index contributed by atoms with van der Waals surface area (Å²) in [7, 11) is 0. The van der Waals surface area contributed by atoms with E-state index in [0.717, 1.165) is 11.1 Å². The number of carbonyl (C=O) groups excluding carboxylic acids is 3. The van der Waals surface area contributed by atoms with E-state index in [1.54, 1.807) is 19.1 Å². The number of ether oxygens (including phenoxy) is 1. The van der Waals surface area contributed by atoms with Gasteiger partial charge in [0.25, 0.3) is 0 Å². The van der Waals surface area contributed by atoms with Crippen LogP contribution in [0.15, 0.2) is 78.0 Å². The van der Waals surface area contributed by atoms with E-state index < -0.39 is 24.1 Å². The quantitative estimate of drug-likeness (QED) is 0.615. The van der Waals surface area contributed by atoms with Gasteiger partial charge in [-0.2, -0.15) is 0 Å². The van der Waals surface area contributed by atoms with Gasteiger partial charge < -0.3 is 10.1 Å². The highest BCUT2D eigenvalue weighted by Gasteiger charge is 2.47. The first kappa shape index (κ1) is 23.5. The Morgan fingerprint density at radius 1 is 1.09 bits per heavy atom. The molecule has 2 aliphatic rings. The minimum atomic E-state index is -1.01. The predicted octanol–water partition coefficient (Wildman–Crippen LogP) is 5.04. The third-order valence-electron chi connectivity index (χ3n) is 6.18. The molecule has 0 radical (unpaired) electrons. The van der Waals surface area contributed by atoms with Crippen LogP contribution in [-0.2, 0) is 14.3 Å². The Kier molecular flexibility index (Phi) is 6.68. The van der Waals surface area contributed by atoms with Gasteiger partial charge in [0.15, 0.2) is 11.8 Å². The van der Waals surface area contributed by atoms with Crippen molar-refractivity contribution < 1.29 is 19.1 Å². The van der Waals surface area contributed by atoms with Crippen molar-refractivity contribution >= 4 is 23.9 Å². The molecular formula is C28H30N2O4. The first-order valence-corrected chi connectivity index (χ1v) is 11.6. The van der Waals surface area contributed by atoms with Crippen LogP contribution in [0.2, 0.25) is 0 Å². The zero-order valence-corrected chi connectivity index (χ0v) is 19.8. The van der Waals surface area contributed by atoms with Crippen LogP contribution in [0.4, 0.5) is 4.79 Å². The van der Waals surface area contributed by atoms with Crippen LogP contribution in [0.5, 0.6) is 0 Å². The third kappa shape index (κ3) is 4.81. The summed E-state index contributed by atoms with van der Waals surface area (Å²) in [5.41, 5.74) is 2.61. The van der Waals surface area contributed by atoms with Gasteiger partial charge in [0, 0.05) is 17.7 Å². The summed E-state index contributed by atoms with van der Waals surface area (Å²) in [6, 6.07) is 16.8. The SMILES string of the molecule is CCOC(=O)C(/C=C/c1ccccc1)N1C(=O)NC2=C(C(=O)CC(C)(C)C2)C1c1ccccc1. The van der Waals surface area contributed by atoms with E-state index in [1.807, 2.05) is 74.5 Å². The zero-order chi connectivity index (χ0) is 24.3. The van der Waals surface area contributed by atoms with Crippen molar-refractivity contribution in [2.45, 2.75) is 45.7 Å². The summed E-state index contributed by atoms with van der Waals surface area (Å²) in [6.45, 7) is 5.96. The maximum absolute atomic E-state index is 13.5. The summed E-state index contributed by atoms with van der Waals surface area (Å²) < 4.78 is 5.36. The Hall–Kier alpha value is -3.67. The molecule has 2 atom stereocenters. The first-order chi connectivity index (χ1) is 16.3. The fourth-order valence-corrected chi connectivity index (χ4v) is 4.74. The molecule has 2 amide bonds. The van der Waals surface area contributed by atoms with Crippen LogP contribution in [0.25, 0.3) is 6.08 Å². The number of ketones is 1. The van der Waals surface area contributed by atoms with E-state index in [1.165, 1.54) is 4.90 Å². The zero-order valence-electron chi connectivity index (χ0n) is 19.8. The van der Waals surface area contributed by atoms with Gasteiger partial charge in [0.05, 0.1) is 12.6 Å². The van der Waals surface area contributed by atoms with Gasteiger partial charge in [-0.3, -0.25) is 9.69 Å². The Morgan fingerprint density at radius 2 is 1.74 bits per heavy atom. The lowest BCUT2D eigenvalue weighted by atomic mass is 9.72. The Morgan fingerprint density at radius 3 is 2.38 bits per heavy atom. The fraction of sp³-hybridized carbons (Fsp3) is 0.321. The number of benzene rings is 2. The molecule has 0 saturated carbocycles. The summed E-state index contributed by atoms with van der Waals surface area (Å²) in [6.07, 6.45) is 4.43. The van der Waals surface area contributed by atoms with Crippen molar-refractivity contribution in [3.05, 3.63) is 89.1 Å². The summed E-state index contributed by atoms with van der Waals surface area (Å²) in [4.78, 5) is 41.5. The Labute approximate surface area is 200 Å². The van der Waals surface area contributed by atoms with E-state index in [4.69, 9.17) is 4.74 Å². The van der Waals surface area contributed by atoms with Crippen molar-refractivity contribution in [3.8, 4) is 0 Å². The minimum absolute atomic E-state index is 0.0141. The van der Waals surface area contributed by atoms with Crippen LogP contribution >= 0.6 is 0 Å². The maximum Gasteiger partial charge on any atom is 0.333 e. The van der Waals surface area contributed by atoms with Crippen LogP contribution in [0.3, 0.4) is 0 Å². The average Bonchev–Trinajstić information content (AvgIpc) is 2.80. The monoisotopic (exact) mass is 458 g/mol. The standard InChI is InChI=1S/C28H30N2O4/c1-4-34-26(32)22(16-15-19-11-7-5-8-12-19)30-25(20-13-9-6-10-14-20)24-21(29-27(30)33)17-28(2,3)18-23(24)31/h5-16,22,25H,4,17-18H2,1-3H3,(H,29,33)/b16-15+. The molecule has 6 heteroatoms. The first-order valence-electron chi connectivity index (χ1n) is 11.6. The molecule has 2 aromatic rings. The average molecular weight is 459 g/mol. The van der Waals surface area contributed by atoms with Crippen LogP contribution in [0.1, 0.15) is 50.8 Å². The molecule has 0 saturated heterocycles. The van der Waals surface area contributed by atoms with Crippen LogP contribution < -0.4 is 5.32 Å². The minimum Gasteiger partial charge on any atom is -0.464 e. The topological polar surface area (TPSA) is 75.7 Å². The van der Waals surface area contributed by atoms with Gasteiger partial charge in [-0.05, 0) is 29.9 Å². The molecule has 6 nitrogen and oxygen atoms in total. The molecule has 0 aromatic heterocycles. The van der Waals surface area contributed by atoms with E-state index in [0.29, 0.717) is 24.1 Å². The highest BCUT2D eigenvalue weighted by molar-refractivity contribution is 6.02. The van der Waals surface area contributed by atoms with E-state index in [2.05, 4.69) is 5.32 Å². The molecule has 34 heavy (non-hydrogen) atoms. The number of nitrogens with one attached hydrogen (secondary N) is 1. The highest BCUT2D eigenvalue weighted by atomic mass is 16.5. The second-order valence-electron chi connectivity index (χ2n) is 9.45. The number of urea groups is 1. The molecule has 1 heterocycles. The number of Topliss-reactive ketones (excluding diaryl/α,β-unsaturated/α-hetero) is 1. The predicted molar refractivity (Wildman–Crippen MR) is 130 cm³/mol. The molecule has 176 valence electrons. The second-order valence-corrected chi connectivity index (χ2v) is 9.45. The van der Waals surface area contributed by atoms with Gasteiger partial charge in [0.2, 0.25) is 0 Å². The second kappa shape index (κ2) is 9.67. The van der Waals surface area contributed by atoms with E-state index in [9.17, 15) is 14.4 Å². The van der Waals surface area contributed by atoms with Crippen molar-refractivity contribution in [1.29, 1.82) is 0 Å². The molecule has 1 N–H and O–H groups in total. The molecular weight excluding hydrogens is 428 g/mol. The number of hydrogen-bond donors (Lipinski definition) is 1. The third-order valence-corrected chi connectivity index (χ3v) is 6.18.